The number of sulfonamides is 1. The molecule has 40 heavy (non-hydrogen) atoms. The third kappa shape index (κ3) is 5.99. The van der Waals surface area contributed by atoms with Crippen LogP contribution < -0.4 is 10.0 Å². The Morgan fingerprint density at radius 2 is 1.65 bits per heavy atom. The normalized spacial score (nSPS) is 15.6. The second-order valence-corrected chi connectivity index (χ2v) is 15.0. The van der Waals surface area contributed by atoms with E-state index < -0.39 is 47.9 Å². The topological polar surface area (TPSA) is 131 Å². The van der Waals surface area contributed by atoms with Crippen molar-refractivity contribution in [2.75, 3.05) is 21.5 Å². The number of rotatable bonds is 7. The van der Waals surface area contributed by atoms with Crippen LogP contribution in [0.3, 0.4) is 0 Å². The molecule has 210 valence electrons. The fourth-order valence-corrected chi connectivity index (χ4v) is 8.28. The Kier molecular flexibility index (Phi) is 7.87. The van der Waals surface area contributed by atoms with Crippen LogP contribution in [0.4, 0.5) is 24.8 Å². The van der Waals surface area contributed by atoms with Gasteiger partial charge in [-0.2, -0.15) is 0 Å². The highest BCUT2D eigenvalue weighted by Crippen LogP contribution is 2.40. The highest BCUT2D eigenvalue weighted by atomic mass is 79.9. The summed E-state index contributed by atoms with van der Waals surface area (Å²) >= 11 is 4.45. The molecule has 9 nitrogen and oxygen atoms in total. The van der Waals surface area contributed by atoms with E-state index in [1.807, 2.05) is 4.72 Å². The molecule has 0 aliphatic carbocycles. The van der Waals surface area contributed by atoms with Crippen LogP contribution in [0.1, 0.15) is 12.8 Å². The van der Waals surface area contributed by atoms with Gasteiger partial charge in [0.1, 0.15) is 21.5 Å². The standard InChI is InChI=1S/C24H19BrF3N5O4S3/c25-23-32-20(21(38-23)18-7-10-29-24(31-18)30-13-8-11-39(34,35)12-9-13)14-3-1-6-17(19(14)28)33-40(36,37)22-15(26)4-2-5-16(22)27/h1-7,10,13,33H,8-9,11-12H2,(H,29,30,31). The maximum Gasteiger partial charge on any atom is 0.267 e. The number of nitrogens with zero attached hydrogens (tertiary/aromatic N) is 3. The summed E-state index contributed by atoms with van der Waals surface area (Å²) < 4.78 is 95.2. The van der Waals surface area contributed by atoms with Crippen molar-refractivity contribution in [2.45, 2.75) is 23.8 Å². The Morgan fingerprint density at radius 1 is 0.975 bits per heavy atom. The minimum absolute atomic E-state index is 0.0687. The van der Waals surface area contributed by atoms with Gasteiger partial charge in [-0.3, -0.25) is 4.72 Å². The Hall–Kier alpha value is -3.08. The fraction of sp³-hybridized carbons (Fsp3) is 0.208. The van der Waals surface area contributed by atoms with E-state index in [2.05, 4.69) is 36.2 Å². The lowest BCUT2D eigenvalue weighted by Gasteiger charge is -2.23. The van der Waals surface area contributed by atoms with Crippen LogP contribution in [0.15, 0.2) is 57.5 Å². The predicted octanol–water partition coefficient (Wildman–Crippen LogP) is 5.24. The van der Waals surface area contributed by atoms with Crippen LogP contribution in [-0.2, 0) is 19.9 Å². The van der Waals surface area contributed by atoms with Gasteiger partial charge in [0, 0.05) is 17.8 Å². The van der Waals surface area contributed by atoms with E-state index >= 15 is 4.39 Å². The number of thiazole rings is 1. The maximum absolute atomic E-state index is 15.7. The Balaban J connectivity index is 1.47. The molecule has 1 aliphatic heterocycles. The third-order valence-corrected chi connectivity index (χ3v) is 10.7. The molecule has 0 radical (unpaired) electrons. The first-order chi connectivity index (χ1) is 18.9. The minimum atomic E-state index is -4.81. The Bertz CT molecular complexity index is 1790. The average molecular weight is 675 g/mol. The molecule has 0 bridgehead atoms. The van der Waals surface area contributed by atoms with Crippen molar-refractivity contribution >= 4 is 58.8 Å². The number of aromatic nitrogens is 3. The number of hydrogen-bond donors (Lipinski definition) is 2. The largest absolute Gasteiger partial charge is 0.351 e. The molecule has 3 heterocycles. The molecule has 2 aromatic heterocycles. The molecule has 2 N–H and O–H groups in total. The lowest BCUT2D eigenvalue weighted by Crippen LogP contribution is -2.32. The van der Waals surface area contributed by atoms with E-state index in [0.29, 0.717) is 27.3 Å². The summed E-state index contributed by atoms with van der Waals surface area (Å²) in [4.78, 5) is 12.3. The summed E-state index contributed by atoms with van der Waals surface area (Å²) in [5, 5.41) is 3.14. The smallest absolute Gasteiger partial charge is 0.267 e. The maximum atomic E-state index is 15.7. The number of hydrogen-bond acceptors (Lipinski definition) is 9. The van der Waals surface area contributed by atoms with Crippen molar-refractivity contribution in [1.29, 1.82) is 0 Å². The summed E-state index contributed by atoms with van der Waals surface area (Å²) in [5.41, 5.74) is -0.0943. The summed E-state index contributed by atoms with van der Waals surface area (Å²) in [6.07, 6.45) is 2.32. The van der Waals surface area contributed by atoms with Gasteiger partial charge < -0.3 is 5.32 Å². The first kappa shape index (κ1) is 28.4. The second kappa shape index (κ2) is 11.1. The van der Waals surface area contributed by atoms with Crippen molar-refractivity contribution in [3.05, 3.63) is 70.0 Å². The van der Waals surface area contributed by atoms with E-state index in [1.165, 1.54) is 18.3 Å². The van der Waals surface area contributed by atoms with Crippen LogP contribution in [0.25, 0.3) is 21.8 Å². The monoisotopic (exact) mass is 673 g/mol. The second-order valence-electron chi connectivity index (χ2n) is 8.80. The van der Waals surface area contributed by atoms with Crippen LogP contribution in [0, 0.1) is 17.5 Å². The van der Waals surface area contributed by atoms with Gasteiger partial charge in [0.2, 0.25) is 5.95 Å². The van der Waals surface area contributed by atoms with E-state index in [0.717, 1.165) is 35.6 Å². The first-order valence-corrected chi connectivity index (χ1v) is 16.6. The van der Waals surface area contributed by atoms with Gasteiger partial charge in [-0.1, -0.05) is 12.1 Å². The third-order valence-electron chi connectivity index (χ3n) is 6.06. The van der Waals surface area contributed by atoms with E-state index in [-0.39, 0.29) is 34.8 Å². The van der Waals surface area contributed by atoms with Gasteiger partial charge in [0.25, 0.3) is 10.0 Å². The SMILES string of the molecule is O=S1(=O)CCC(Nc2nccc(-c3sc(Br)nc3-c3cccc(NS(=O)(=O)c4c(F)cccc4F)c3F)n2)CC1. The molecule has 1 saturated heterocycles. The van der Waals surface area contributed by atoms with Crippen molar-refractivity contribution < 1.29 is 30.0 Å². The van der Waals surface area contributed by atoms with Gasteiger partial charge in [-0.25, -0.2) is 45.0 Å². The van der Waals surface area contributed by atoms with Gasteiger partial charge in [0.05, 0.1) is 33.5 Å². The summed E-state index contributed by atoms with van der Waals surface area (Å²) in [7, 11) is -7.85. The van der Waals surface area contributed by atoms with E-state index in [4.69, 9.17) is 0 Å². The molecule has 1 aliphatic rings. The molecule has 0 unspecified atom stereocenters. The van der Waals surface area contributed by atoms with Crippen LogP contribution in [0.5, 0.6) is 0 Å². The van der Waals surface area contributed by atoms with E-state index in [9.17, 15) is 25.6 Å². The minimum Gasteiger partial charge on any atom is -0.351 e. The Labute approximate surface area is 240 Å². The van der Waals surface area contributed by atoms with Crippen LogP contribution in [-0.4, -0.2) is 49.3 Å². The quantitative estimate of drug-likeness (QED) is 0.273. The first-order valence-electron chi connectivity index (χ1n) is 11.7. The highest BCUT2D eigenvalue weighted by molar-refractivity contribution is 9.11. The molecule has 16 heteroatoms. The lowest BCUT2D eigenvalue weighted by atomic mass is 10.1. The fourth-order valence-electron chi connectivity index (χ4n) is 4.15. The number of benzene rings is 2. The van der Waals surface area contributed by atoms with Gasteiger partial charge in [-0.15, -0.1) is 11.3 Å². The zero-order valence-corrected chi connectivity index (χ0v) is 24.3. The average Bonchev–Trinajstić information content (AvgIpc) is 3.28. The molecule has 0 saturated carbocycles. The number of anilines is 2. The van der Waals surface area contributed by atoms with Gasteiger partial charge in [-0.05, 0) is 59.1 Å². The van der Waals surface area contributed by atoms with Crippen LogP contribution in [0.2, 0.25) is 0 Å². The molecule has 2 aromatic carbocycles. The molecule has 0 amide bonds. The van der Waals surface area contributed by atoms with Crippen molar-refractivity contribution in [1.82, 2.24) is 15.0 Å². The molecule has 5 rings (SSSR count). The van der Waals surface area contributed by atoms with Gasteiger partial charge in [0.15, 0.2) is 14.6 Å². The molecule has 1 fully saturated rings. The predicted molar refractivity (Wildman–Crippen MR) is 149 cm³/mol. The molecule has 0 atom stereocenters. The summed E-state index contributed by atoms with van der Waals surface area (Å²) in [6, 6.07) is 7.90. The molecular weight excluding hydrogens is 655 g/mol. The Morgan fingerprint density at radius 3 is 2.35 bits per heavy atom. The van der Waals surface area contributed by atoms with Crippen LogP contribution >= 0.6 is 27.3 Å². The number of sulfone groups is 1. The number of nitrogens with one attached hydrogen (secondary N) is 2. The van der Waals surface area contributed by atoms with Crippen molar-refractivity contribution in [3.8, 4) is 21.8 Å². The lowest BCUT2D eigenvalue weighted by molar-refractivity contribution is 0.521. The van der Waals surface area contributed by atoms with Crippen molar-refractivity contribution in [2.24, 2.45) is 0 Å². The molecule has 4 aromatic rings. The zero-order valence-electron chi connectivity index (χ0n) is 20.2. The summed E-state index contributed by atoms with van der Waals surface area (Å²) in [6.45, 7) is 0. The van der Waals surface area contributed by atoms with Crippen molar-refractivity contribution in [3.63, 3.8) is 0 Å². The highest BCUT2D eigenvalue weighted by Gasteiger charge is 2.27. The number of halogens is 4. The summed E-state index contributed by atoms with van der Waals surface area (Å²) in [5.74, 6) is -3.27. The van der Waals surface area contributed by atoms with Gasteiger partial charge >= 0.3 is 0 Å². The molecular formula is C24H19BrF3N5O4S3. The van der Waals surface area contributed by atoms with E-state index in [1.54, 1.807) is 6.07 Å². The molecule has 0 spiro atoms. The zero-order chi connectivity index (χ0) is 28.7.